The lowest BCUT2D eigenvalue weighted by Gasteiger charge is -2.33. The van der Waals surface area contributed by atoms with Crippen molar-refractivity contribution in [3.05, 3.63) is 108 Å². The van der Waals surface area contributed by atoms with Gasteiger partial charge in [-0.3, -0.25) is 4.79 Å². The van der Waals surface area contributed by atoms with Crippen LogP contribution in [0.5, 0.6) is 0 Å². The summed E-state index contributed by atoms with van der Waals surface area (Å²) < 4.78 is 0. The maximum atomic E-state index is 13.2. The molecule has 3 heteroatoms. The number of carbonyl (C=O) groups excluding carboxylic acids is 1. The van der Waals surface area contributed by atoms with Gasteiger partial charge in [-0.05, 0) is 46.5 Å². The van der Waals surface area contributed by atoms with Gasteiger partial charge in [0.1, 0.15) is 0 Å². The molecule has 154 valence electrons. The first kappa shape index (κ1) is 19.5. The molecule has 31 heavy (non-hydrogen) atoms. The van der Waals surface area contributed by atoms with Crippen molar-refractivity contribution in [1.29, 1.82) is 0 Å². The number of hydrogen-bond donors (Lipinski definition) is 2. The lowest BCUT2D eigenvalue weighted by Crippen LogP contribution is -2.50. The highest BCUT2D eigenvalue weighted by Gasteiger charge is 2.28. The topological polar surface area (TPSA) is 41.1 Å². The van der Waals surface area contributed by atoms with Crippen LogP contribution in [0.25, 0.3) is 21.9 Å². The third kappa shape index (κ3) is 4.10. The smallest absolute Gasteiger partial charge is 0.252 e. The van der Waals surface area contributed by atoms with Crippen molar-refractivity contribution in [1.82, 2.24) is 10.6 Å². The number of amides is 1. The second-order valence-corrected chi connectivity index (χ2v) is 8.19. The molecule has 0 radical (unpaired) electrons. The minimum absolute atomic E-state index is 0.00333. The van der Waals surface area contributed by atoms with Gasteiger partial charge in [-0.1, -0.05) is 91.0 Å². The minimum Gasteiger partial charge on any atom is -0.347 e. The van der Waals surface area contributed by atoms with E-state index in [9.17, 15) is 4.79 Å². The molecule has 1 amide bonds. The minimum atomic E-state index is -0.00333. The van der Waals surface area contributed by atoms with E-state index >= 15 is 0 Å². The standard InChI is InChI=1S/C28H26N2O/c31-28(26-12-6-10-22-9-4-5-11-24(22)26)30-27-19-29-18-17-25(27)23-15-13-21(14-16-23)20-7-2-1-3-8-20/h1-16,25,27,29H,17-19H2,(H,30,31)/t25-,27+/m1/s1. The van der Waals surface area contributed by atoms with Gasteiger partial charge in [0.05, 0.1) is 0 Å². The maximum Gasteiger partial charge on any atom is 0.252 e. The highest BCUT2D eigenvalue weighted by molar-refractivity contribution is 6.07. The predicted molar refractivity (Wildman–Crippen MR) is 127 cm³/mol. The number of piperidine rings is 1. The second-order valence-electron chi connectivity index (χ2n) is 8.19. The van der Waals surface area contributed by atoms with Gasteiger partial charge in [0, 0.05) is 24.1 Å². The van der Waals surface area contributed by atoms with Crippen molar-refractivity contribution in [2.45, 2.75) is 18.4 Å². The van der Waals surface area contributed by atoms with Gasteiger partial charge in [0.15, 0.2) is 0 Å². The van der Waals surface area contributed by atoms with E-state index in [1.54, 1.807) is 0 Å². The van der Waals surface area contributed by atoms with Crippen LogP contribution in [-0.4, -0.2) is 25.0 Å². The van der Waals surface area contributed by atoms with E-state index in [-0.39, 0.29) is 11.9 Å². The first-order valence-electron chi connectivity index (χ1n) is 10.9. The van der Waals surface area contributed by atoms with Gasteiger partial charge in [-0.2, -0.15) is 0 Å². The quantitative estimate of drug-likeness (QED) is 0.478. The van der Waals surface area contributed by atoms with Gasteiger partial charge in [-0.15, -0.1) is 0 Å². The van der Waals surface area contributed by atoms with Gasteiger partial charge in [-0.25, -0.2) is 0 Å². The summed E-state index contributed by atoms with van der Waals surface area (Å²) in [7, 11) is 0. The molecule has 0 spiro atoms. The lowest BCUT2D eigenvalue weighted by molar-refractivity contribution is 0.0926. The zero-order valence-corrected chi connectivity index (χ0v) is 17.4. The van der Waals surface area contributed by atoms with Crippen molar-refractivity contribution >= 4 is 16.7 Å². The largest absolute Gasteiger partial charge is 0.347 e. The van der Waals surface area contributed by atoms with Crippen molar-refractivity contribution in [3.63, 3.8) is 0 Å². The first-order valence-corrected chi connectivity index (χ1v) is 10.9. The average Bonchev–Trinajstić information content (AvgIpc) is 2.85. The fourth-order valence-corrected chi connectivity index (χ4v) is 4.63. The summed E-state index contributed by atoms with van der Waals surface area (Å²) in [6.45, 7) is 1.74. The van der Waals surface area contributed by atoms with Crippen molar-refractivity contribution < 1.29 is 4.79 Å². The number of carbonyl (C=O) groups is 1. The first-order chi connectivity index (χ1) is 15.3. The Labute approximate surface area is 183 Å². The molecule has 0 aliphatic carbocycles. The molecule has 2 atom stereocenters. The normalized spacial score (nSPS) is 18.6. The van der Waals surface area contributed by atoms with E-state index in [0.717, 1.165) is 35.8 Å². The van der Waals surface area contributed by atoms with Gasteiger partial charge in [0.25, 0.3) is 5.91 Å². The molecule has 5 rings (SSSR count). The number of rotatable bonds is 4. The van der Waals surface area contributed by atoms with Gasteiger partial charge in [0.2, 0.25) is 0 Å². The highest BCUT2D eigenvalue weighted by Crippen LogP contribution is 2.29. The molecule has 2 N–H and O–H groups in total. The van der Waals surface area contributed by atoms with E-state index in [1.165, 1.54) is 16.7 Å². The third-order valence-electron chi connectivity index (χ3n) is 6.28. The van der Waals surface area contributed by atoms with E-state index in [0.29, 0.717) is 5.92 Å². The van der Waals surface area contributed by atoms with E-state index in [4.69, 9.17) is 0 Å². The summed E-state index contributed by atoms with van der Waals surface area (Å²) in [6, 6.07) is 33.3. The Morgan fingerprint density at radius 2 is 1.48 bits per heavy atom. The summed E-state index contributed by atoms with van der Waals surface area (Å²) in [5.74, 6) is 0.293. The SMILES string of the molecule is O=C(N[C@H]1CNCC[C@@H]1c1ccc(-c2ccccc2)cc1)c1cccc2ccccc12. The molecule has 1 aliphatic heterocycles. The molecule has 0 bridgehead atoms. The van der Waals surface area contributed by atoms with Gasteiger partial charge < -0.3 is 10.6 Å². The average molecular weight is 407 g/mol. The highest BCUT2D eigenvalue weighted by atomic mass is 16.1. The molecule has 4 aromatic carbocycles. The zero-order chi connectivity index (χ0) is 21.0. The third-order valence-corrected chi connectivity index (χ3v) is 6.28. The van der Waals surface area contributed by atoms with Crippen LogP contribution in [0.1, 0.15) is 28.3 Å². The molecule has 1 aliphatic rings. The van der Waals surface area contributed by atoms with Crippen LogP contribution in [-0.2, 0) is 0 Å². The molecule has 0 aromatic heterocycles. The van der Waals surface area contributed by atoms with Crippen LogP contribution in [0.2, 0.25) is 0 Å². The van der Waals surface area contributed by atoms with Crippen LogP contribution in [0.15, 0.2) is 97.1 Å². The molecule has 1 fully saturated rings. The summed E-state index contributed by atoms with van der Waals surface area (Å²) in [5, 5.41) is 8.86. The van der Waals surface area contributed by atoms with Crippen LogP contribution in [0, 0.1) is 0 Å². The summed E-state index contributed by atoms with van der Waals surface area (Å²) >= 11 is 0. The summed E-state index contributed by atoms with van der Waals surface area (Å²) in [4.78, 5) is 13.2. The molecule has 1 heterocycles. The van der Waals surface area contributed by atoms with E-state index in [1.807, 2.05) is 48.5 Å². The van der Waals surface area contributed by atoms with E-state index < -0.39 is 0 Å². The lowest BCUT2D eigenvalue weighted by atomic mass is 9.85. The number of hydrogen-bond acceptors (Lipinski definition) is 2. The Morgan fingerprint density at radius 3 is 2.32 bits per heavy atom. The number of benzene rings is 4. The molecule has 0 unspecified atom stereocenters. The Morgan fingerprint density at radius 1 is 0.774 bits per heavy atom. The number of fused-ring (bicyclic) bond motifs is 1. The van der Waals surface area contributed by atoms with E-state index in [2.05, 4.69) is 59.2 Å². The molecule has 4 aromatic rings. The fourth-order valence-electron chi connectivity index (χ4n) is 4.63. The van der Waals surface area contributed by atoms with Crippen molar-refractivity contribution in [2.24, 2.45) is 0 Å². The second kappa shape index (κ2) is 8.75. The van der Waals surface area contributed by atoms with Crippen molar-refractivity contribution in [2.75, 3.05) is 13.1 Å². The van der Waals surface area contributed by atoms with Crippen LogP contribution in [0.3, 0.4) is 0 Å². The van der Waals surface area contributed by atoms with Crippen LogP contribution in [0.4, 0.5) is 0 Å². The zero-order valence-electron chi connectivity index (χ0n) is 17.4. The Balaban J connectivity index is 1.38. The molecular formula is C28H26N2O. The summed E-state index contributed by atoms with van der Waals surface area (Å²) in [5.41, 5.74) is 4.46. The Hall–Kier alpha value is -3.43. The molecule has 3 nitrogen and oxygen atoms in total. The van der Waals surface area contributed by atoms with Crippen LogP contribution < -0.4 is 10.6 Å². The van der Waals surface area contributed by atoms with Crippen LogP contribution >= 0.6 is 0 Å². The predicted octanol–water partition coefficient (Wildman–Crippen LogP) is 5.38. The Bertz CT molecular complexity index is 1180. The molecule has 1 saturated heterocycles. The maximum absolute atomic E-state index is 13.2. The monoisotopic (exact) mass is 406 g/mol. The number of nitrogens with one attached hydrogen (secondary N) is 2. The Kier molecular flexibility index (Phi) is 5.51. The molecular weight excluding hydrogens is 380 g/mol. The van der Waals surface area contributed by atoms with Crippen molar-refractivity contribution in [3.8, 4) is 11.1 Å². The molecule has 0 saturated carbocycles. The van der Waals surface area contributed by atoms with Gasteiger partial charge >= 0.3 is 0 Å². The fraction of sp³-hybridized carbons (Fsp3) is 0.179. The summed E-state index contributed by atoms with van der Waals surface area (Å²) in [6.07, 6.45) is 1.01.